The standard InChI is InChI=1S/C10H7Br2N3O/c11-8-1-7(2-13-3-8)5-15-6-14-4-9(12)10(15)16/h1-4,6H,5H2. The van der Waals surface area contributed by atoms with Crippen molar-refractivity contribution in [2.75, 3.05) is 0 Å². The van der Waals surface area contributed by atoms with Crippen LogP contribution < -0.4 is 5.56 Å². The molecule has 82 valence electrons. The second kappa shape index (κ2) is 4.88. The summed E-state index contributed by atoms with van der Waals surface area (Å²) in [5, 5.41) is 0. The van der Waals surface area contributed by atoms with Crippen LogP contribution in [0.25, 0.3) is 0 Å². The van der Waals surface area contributed by atoms with Gasteiger partial charge in [-0.05, 0) is 43.5 Å². The largest absolute Gasteiger partial charge is 0.294 e. The molecule has 0 bridgehead atoms. The predicted octanol–water partition coefficient (Wildman–Crippen LogP) is 2.21. The molecule has 0 N–H and O–H groups in total. The maximum atomic E-state index is 11.7. The van der Waals surface area contributed by atoms with Crippen LogP contribution in [0.1, 0.15) is 5.56 Å². The van der Waals surface area contributed by atoms with E-state index in [-0.39, 0.29) is 5.56 Å². The minimum Gasteiger partial charge on any atom is -0.294 e. The summed E-state index contributed by atoms with van der Waals surface area (Å²) in [5.41, 5.74) is 0.839. The summed E-state index contributed by atoms with van der Waals surface area (Å²) >= 11 is 6.49. The van der Waals surface area contributed by atoms with Crippen molar-refractivity contribution < 1.29 is 0 Å². The first-order valence-electron chi connectivity index (χ1n) is 4.46. The quantitative estimate of drug-likeness (QED) is 0.839. The molecular formula is C10H7Br2N3O. The highest BCUT2D eigenvalue weighted by molar-refractivity contribution is 9.10. The third-order valence-corrected chi connectivity index (χ3v) is 2.95. The van der Waals surface area contributed by atoms with Crippen LogP contribution in [0.5, 0.6) is 0 Å². The zero-order valence-corrected chi connectivity index (χ0v) is 11.3. The predicted molar refractivity (Wildman–Crippen MR) is 67.2 cm³/mol. The Labute approximate surface area is 109 Å². The van der Waals surface area contributed by atoms with E-state index < -0.39 is 0 Å². The summed E-state index contributed by atoms with van der Waals surface area (Å²) in [7, 11) is 0. The minimum atomic E-state index is -0.102. The lowest BCUT2D eigenvalue weighted by atomic mass is 10.3. The zero-order valence-electron chi connectivity index (χ0n) is 8.10. The average molecular weight is 345 g/mol. The van der Waals surface area contributed by atoms with Crippen LogP contribution in [-0.4, -0.2) is 14.5 Å². The average Bonchev–Trinajstić information content (AvgIpc) is 2.25. The number of rotatable bonds is 2. The highest BCUT2D eigenvalue weighted by Gasteiger charge is 2.02. The van der Waals surface area contributed by atoms with E-state index in [1.165, 1.54) is 17.1 Å². The molecule has 0 fully saturated rings. The van der Waals surface area contributed by atoms with Crippen LogP contribution in [0.4, 0.5) is 0 Å². The maximum absolute atomic E-state index is 11.7. The number of halogens is 2. The Kier molecular flexibility index (Phi) is 3.50. The molecule has 0 radical (unpaired) electrons. The fraction of sp³-hybridized carbons (Fsp3) is 0.100. The molecule has 2 aromatic heterocycles. The lowest BCUT2D eigenvalue weighted by Gasteiger charge is -2.05. The molecule has 0 atom stereocenters. The maximum Gasteiger partial charge on any atom is 0.267 e. The van der Waals surface area contributed by atoms with E-state index in [1.54, 1.807) is 12.4 Å². The Bertz CT molecular complexity index is 568. The molecule has 0 amide bonds. The fourth-order valence-electron chi connectivity index (χ4n) is 1.28. The Morgan fingerprint density at radius 2 is 2.00 bits per heavy atom. The molecule has 0 saturated heterocycles. The van der Waals surface area contributed by atoms with Crippen LogP contribution in [0, 0.1) is 0 Å². The van der Waals surface area contributed by atoms with Crippen LogP contribution in [-0.2, 0) is 6.54 Å². The van der Waals surface area contributed by atoms with Gasteiger partial charge in [0.2, 0.25) is 0 Å². The molecular weight excluding hydrogens is 338 g/mol. The summed E-state index contributed by atoms with van der Waals surface area (Å²) in [6.45, 7) is 0.456. The zero-order chi connectivity index (χ0) is 11.5. The van der Waals surface area contributed by atoms with Gasteiger partial charge in [-0.2, -0.15) is 0 Å². The lowest BCUT2D eigenvalue weighted by Crippen LogP contribution is -2.21. The third-order valence-electron chi connectivity index (χ3n) is 1.97. The van der Waals surface area contributed by atoms with Gasteiger partial charge >= 0.3 is 0 Å². The van der Waals surface area contributed by atoms with Gasteiger partial charge in [0.15, 0.2) is 0 Å². The van der Waals surface area contributed by atoms with Gasteiger partial charge in [0.05, 0.1) is 12.9 Å². The van der Waals surface area contributed by atoms with Crippen molar-refractivity contribution in [3.05, 3.63) is 55.8 Å². The number of nitrogens with zero attached hydrogens (tertiary/aromatic N) is 3. The van der Waals surface area contributed by atoms with Crippen molar-refractivity contribution in [2.24, 2.45) is 0 Å². The highest BCUT2D eigenvalue weighted by atomic mass is 79.9. The summed E-state index contributed by atoms with van der Waals surface area (Å²) in [6, 6.07) is 1.92. The van der Waals surface area contributed by atoms with Gasteiger partial charge < -0.3 is 0 Å². The Hall–Kier alpha value is -1.01. The Balaban J connectivity index is 2.34. The van der Waals surface area contributed by atoms with Crippen molar-refractivity contribution in [1.29, 1.82) is 0 Å². The van der Waals surface area contributed by atoms with Gasteiger partial charge in [0, 0.05) is 23.1 Å². The van der Waals surface area contributed by atoms with E-state index in [2.05, 4.69) is 41.8 Å². The van der Waals surface area contributed by atoms with E-state index in [0.29, 0.717) is 11.0 Å². The third kappa shape index (κ3) is 2.56. The van der Waals surface area contributed by atoms with Crippen molar-refractivity contribution >= 4 is 31.9 Å². The molecule has 0 saturated carbocycles. The van der Waals surface area contributed by atoms with Gasteiger partial charge in [-0.25, -0.2) is 4.98 Å². The van der Waals surface area contributed by atoms with Crippen LogP contribution >= 0.6 is 31.9 Å². The summed E-state index contributed by atoms with van der Waals surface area (Å²) < 4.78 is 2.87. The number of hydrogen-bond donors (Lipinski definition) is 0. The molecule has 0 aliphatic heterocycles. The van der Waals surface area contributed by atoms with Crippen molar-refractivity contribution in [3.63, 3.8) is 0 Å². The van der Waals surface area contributed by atoms with Crippen LogP contribution in [0.15, 0.2) is 44.7 Å². The van der Waals surface area contributed by atoms with Crippen molar-refractivity contribution in [1.82, 2.24) is 14.5 Å². The highest BCUT2D eigenvalue weighted by Crippen LogP contribution is 2.10. The molecule has 2 aromatic rings. The van der Waals surface area contributed by atoms with E-state index in [1.807, 2.05) is 6.07 Å². The molecule has 0 unspecified atom stereocenters. The van der Waals surface area contributed by atoms with E-state index >= 15 is 0 Å². The molecule has 0 aromatic carbocycles. The first-order chi connectivity index (χ1) is 7.66. The number of hydrogen-bond acceptors (Lipinski definition) is 3. The molecule has 6 heteroatoms. The second-order valence-electron chi connectivity index (χ2n) is 3.19. The van der Waals surface area contributed by atoms with E-state index in [9.17, 15) is 4.79 Å². The smallest absolute Gasteiger partial charge is 0.267 e. The number of aromatic nitrogens is 3. The summed E-state index contributed by atoms with van der Waals surface area (Å²) in [5.74, 6) is 0. The molecule has 0 aliphatic rings. The van der Waals surface area contributed by atoms with Gasteiger partial charge in [-0.3, -0.25) is 14.3 Å². The molecule has 2 heterocycles. The first-order valence-corrected chi connectivity index (χ1v) is 6.05. The van der Waals surface area contributed by atoms with Gasteiger partial charge in [0.1, 0.15) is 4.47 Å². The first kappa shape index (κ1) is 11.5. The molecule has 0 spiro atoms. The van der Waals surface area contributed by atoms with Gasteiger partial charge in [-0.1, -0.05) is 0 Å². The van der Waals surface area contributed by atoms with E-state index in [0.717, 1.165) is 10.0 Å². The second-order valence-corrected chi connectivity index (χ2v) is 4.96. The lowest BCUT2D eigenvalue weighted by molar-refractivity contribution is 0.728. The Morgan fingerprint density at radius 1 is 1.19 bits per heavy atom. The summed E-state index contributed by atoms with van der Waals surface area (Å²) in [4.78, 5) is 19.7. The van der Waals surface area contributed by atoms with Crippen LogP contribution in [0.2, 0.25) is 0 Å². The summed E-state index contributed by atoms with van der Waals surface area (Å²) in [6.07, 6.45) is 6.41. The molecule has 2 rings (SSSR count). The van der Waals surface area contributed by atoms with Crippen LogP contribution in [0.3, 0.4) is 0 Å². The molecule has 4 nitrogen and oxygen atoms in total. The minimum absolute atomic E-state index is 0.102. The van der Waals surface area contributed by atoms with Gasteiger partial charge in [-0.15, -0.1) is 0 Å². The van der Waals surface area contributed by atoms with Crippen molar-refractivity contribution in [2.45, 2.75) is 6.54 Å². The monoisotopic (exact) mass is 343 g/mol. The SMILES string of the molecule is O=c1c(Br)cncn1Cc1cncc(Br)c1. The van der Waals surface area contributed by atoms with Crippen molar-refractivity contribution in [3.8, 4) is 0 Å². The topological polar surface area (TPSA) is 47.8 Å². The molecule has 0 aliphatic carbocycles. The normalized spacial score (nSPS) is 10.4. The molecule has 16 heavy (non-hydrogen) atoms. The van der Waals surface area contributed by atoms with Gasteiger partial charge in [0.25, 0.3) is 5.56 Å². The fourth-order valence-corrected chi connectivity index (χ4v) is 2.03. The Morgan fingerprint density at radius 3 is 2.75 bits per heavy atom. The van der Waals surface area contributed by atoms with E-state index in [4.69, 9.17) is 0 Å². The number of pyridine rings is 1.